The average molecular weight is 522 g/mol. The zero-order chi connectivity index (χ0) is 27.2. The smallest absolute Gasteiger partial charge is 0.157 e. The highest BCUT2D eigenvalue weighted by Crippen LogP contribution is 2.36. The van der Waals surface area contributed by atoms with E-state index in [0.29, 0.717) is 11.6 Å². The molecule has 0 atom stereocenters. The lowest BCUT2D eigenvalue weighted by atomic mass is 9.96. The first-order valence-corrected chi connectivity index (χ1v) is 13.3. The summed E-state index contributed by atoms with van der Waals surface area (Å²) in [4.78, 5) is 9.61. The van der Waals surface area contributed by atoms with E-state index in [9.17, 15) is 0 Å². The van der Waals surface area contributed by atoms with E-state index in [4.69, 9.17) is 9.72 Å². The Morgan fingerprint density at radius 2 is 1.50 bits per heavy atom. The standard InChI is InChI=1S/C34H27N5O/c1-22-12-14-27(24(3)23(22)2)30-19-26(21-34(37-30)38-18-8-17-36-38)40-25-13-15-29-28-9-4-5-10-31(28)39(32(29)20-25)33-11-6-7-16-35-33/h4-21H,1-3H3. The minimum absolute atomic E-state index is 0.688. The van der Waals surface area contributed by atoms with Gasteiger partial charge in [-0.05, 0) is 73.9 Å². The third-order valence-corrected chi connectivity index (χ3v) is 7.62. The first kappa shape index (κ1) is 23.9. The van der Waals surface area contributed by atoms with Crippen LogP contribution in [0, 0.1) is 20.8 Å². The van der Waals surface area contributed by atoms with Crippen molar-refractivity contribution in [1.29, 1.82) is 0 Å². The highest BCUT2D eigenvalue weighted by molar-refractivity contribution is 6.09. The maximum Gasteiger partial charge on any atom is 0.157 e. The van der Waals surface area contributed by atoms with Gasteiger partial charge in [0.15, 0.2) is 5.82 Å². The maximum atomic E-state index is 6.55. The number of pyridine rings is 2. The minimum Gasteiger partial charge on any atom is -0.457 e. The summed E-state index contributed by atoms with van der Waals surface area (Å²) >= 11 is 0. The van der Waals surface area contributed by atoms with Crippen molar-refractivity contribution in [3.63, 3.8) is 0 Å². The molecule has 0 saturated heterocycles. The molecule has 0 aliphatic rings. The maximum absolute atomic E-state index is 6.55. The normalized spacial score (nSPS) is 11.4. The van der Waals surface area contributed by atoms with Crippen LogP contribution in [0.2, 0.25) is 0 Å². The van der Waals surface area contributed by atoms with Gasteiger partial charge in [0, 0.05) is 53.1 Å². The molecular formula is C34H27N5O. The van der Waals surface area contributed by atoms with Crippen molar-refractivity contribution in [1.82, 2.24) is 24.3 Å². The van der Waals surface area contributed by atoms with Crippen molar-refractivity contribution < 1.29 is 4.74 Å². The van der Waals surface area contributed by atoms with E-state index in [1.165, 1.54) is 22.1 Å². The molecule has 4 aromatic heterocycles. The van der Waals surface area contributed by atoms with Crippen LogP contribution >= 0.6 is 0 Å². The van der Waals surface area contributed by atoms with Gasteiger partial charge in [-0.2, -0.15) is 5.10 Å². The highest BCUT2D eigenvalue weighted by atomic mass is 16.5. The van der Waals surface area contributed by atoms with E-state index in [-0.39, 0.29) is 0 Å². The summed E-state index contributed by atoms with van der Waals surface area (Å²) in [6.45, 7) is 6.43. The number of nitrogens with zero attached hydrogens (tertiary/aromatic N) is 5. The number of ether oxygens (including phenoxy) is 1. The monoisotopic (exact) mass is 521 g/mol. The number of hydrogen-bond acceptors (Lipinski definition) is 4. The van der Waals surface area contributed by atoms with Gasteiger partial charge in [-0.1, -0.05) is 36.4 Å². The van der Waals surface area contributed by atoms with Gasteiger partial charge >= 0.3 is 0 Å². The first-order chi connectivity index (χ1) is 19.6. The van der Waals surface area contributed by atoms with Crippen molar-refractivity contribution in [2.75, 3.05) is 0 Å². The summed E-state index contributed by atoms with van der Waals surface area (Å²) in [6.07, 6.45) is 5.46. The fourth-order valence-corrected chi connectivity index (χ4v) is 5.33. The number of benzene rings is 3. The topological polar surface area (TPSA) is 57.8 Å². The van der Waals surface area contributed by atoms with Gasteiger partial charge in [0.05, 0.1) is 16.7 Å². The van der Waals surface area contributed by atoms with E-state index in [1.807, 2.05) is 54.9 Å². The molecule has 194 valence electrons. The first-order valence-electron chi connectivity index (χ1n) is 13.3. The van der Waals surface area contributed by atoms with Gasteiger partial charge in [-0.25, -0.2) is 14.6 Å². The van der Waals surface area contributed by atoms with Crippen molar-refractivity contribution in [2.45, 2.75) is 20.8 Å². The molecule has 0 amide bonds. The molecule has 7 rings (SSSR count). The molecule has 0 fully saturated rings. The SMILES string of the molecule is Cc1ccc(-c2cc(Oc3ccc4c5ccccc5n(-c5ccccn5)c4c3)cc(-n3cccn3)n2)c(C)c1C. The van der Waals surface area contributed by atoms with E-state index in [1.54, 1.807) is 10.9 Å². The number of fused-ring (bicyclic) bond motifs is 3. The number of rotatable bonds is 5. The Morgan fingerprint density at radius 3 is 2.33 bits per heavy atom. The summed E-state index contributed by atoms with van der Waals surface area (Å²) < 4.78 is 10.5. The molecular weight excluding hydrogens is 494 g/mol. The van der Waals surface area contributed by atoms with E-state index in [0.717, 1.165) is 39.2 Å². The third-order valence-electron chi connectivity index (χ3n) is 7.62. The van der Waals surface area contributed by atoms with Crippen LogP contribution in [0.1, 0.15) is 16.7 Å². The van der Waals surface area contributed by atoms with Crippen LogP contribution in [0.25, 0.3) is 44.7 Å². The van der Waals surface area contributed by atoms with Gasteiger partial charge in [-0.15, -0.1) is 0 Å². The van der Waals surface area contributed by atoms with Gasteiger partial charge in [0.25, 0.3) is 0 Å². The molecule has 0 aliphatic carbocycles. The summed E-state index contributed by atoms with van der Waals surface area (Å²) in [6, 6.07) is 30.7. The molecule has 4 heterocycles. The zero-order valence-electron chi connectivity index (χ0n) is 22.5. The third kappa shape index (κ3) is 4.01. The van der Waals surface area contributed by atoms with Crippen LogP contribution in [0.3, 0.4) is 0 Å². The van der Waals surface area contributed by atoms with Crippen LogP contribution in [0.5, 0.6) is 11.5 Å². The molecule has 0 bridgehead atoms. The molecule has 0 unspecified atom stereocenters. The zero-order valence-corrected chi connectivity index (χ0v) is 22.5. The van der Waals surface area contributed by atoms with Crippen LogP contribution < -0.4 is 4.74 Å². The molecule has 0 radical (unpaired) electrons. The lowest BCUT2D eigenvalue weighted by Gasteiger charge is -2.14. The van der Waals surface area contributed by atoms with Crippen molar-refractivity contribution >= 4 is 21.8 Å². The molecule has 6 nitrogen and oxygen atoms in total. The van der Waals surface area contributed by atoms with Crippen molar-refractivity contribution in [3.05, 3.63) is 126 Å². The summed E-state index contributed by atoms with van der Waals surface area (Å²) in [5.41, 5.74) is 7.78. The fourth-order valence-electron chi connectivity index (χ4n) is 5.33. The van der Waals surface area contributed by atoms with Crippen LogP contribution in [-0.4, -0.2) is 24.3 Å². The Kier molecular flexibility index (Phi) is 5.67. The molecule has 0 aliphatic heterocycles. The van der Waals surface area contributed by atoms with Gasteiger partial charge in [0.1, 0.15) is 17.3 Å². The Balaban J connectivity index is 1.38. The molecule has 0 spiro atoms. The van der Waals surface area contributed by atoms with E-state index in [2.05, 4.69) is 84.0 Å². The lowest BCUT2D eigenvalue weighted by molar-refractivity contribution is 0.482. The quantitative estimate of drug-likeness (QED) is 0.229. The highest BCUT2D eigenvalue weighted by Gasteiger charge is 2.16. The minimum atomic E-state index is 0.688. The van der Waals surface area contributed by atoms with Gasteiger partial charge in [-0.3, -0.25) is 4.57 Å². The second-order valence-electron chi connectivity index (χ2n) is 10.00. The molecule has 0 N–H and O–H groups in total. The van der Waals surface area contributed by atoms with Gasteiger partial charge < -0.3 is 4.74 Å². The summed E-state index contributed by atoms with van der Waals surface area (Å²) in [5.74, 6) is 2.97. The van der Waals surface area contributed by atoms with Crippen molar-refractivity contribution in [3.8, 4) is 34.4 Å². The largest absolute Gasteiger partial charge is 0.457 e. The van der Waals surface area contributed by atoms with Crippen LogP contribution in [0.4, 0.5) is 0 Å². The van der Waals surface area contributed by atoms with Crippen LogP contribution in [0.15, 0.2) is 110 Å². The predicted molar refractivity (Wildman–Crippen MR) is 160 cm³/mol. The second-order valence-corrected chi connectivity index (χ2v) is 10.00. The van der Waals surface area contributed by atoms with E-state index >= 15 is 0 Å². The molecule has 40 heavy (non-hydrogen) atoms. The Morgan fingerprint density at radius 1 is 0.650 bits per heavy atom. The van der Waals surface area contributed by atoms with E-state index < -0.39 is 0 Å². The number of aromatic nitrogens is 5. The predicted octanol–water partition coefficient (Wildman–Crippen LogP) is 8.14. The van der Waals surface area contributed by atoms with Crippen molar-refractivity contribution in [2.24, 2.45) is 0 Å². The fraction of sp³-hybridized carbons (Fsp3) is 0.0882. The van der Waals surface area contributed by atoms with Gasteiger partial charge in [0.2, 0.25) is 0 Å². The lowest BCUT2D eigenvalue weighted by Crippen LogP contribution is -2.01. The second kappa shape index (κ2) is 9.50. The Hall–Kier alpha value is -5.23. The Labute approximate surface area is 232 Å². The summed E-state index contributed by atoms with van der Waals surface area (Å²) in [7, 11) is 0. The van der Waals surface area contributed by atoms with Crippen LogP contribution in [-0.2, 0) is 0 Å². The number of para-hydroxylation sites is 1. The number of hydrogen-bond donors (Lipinski definition) is 0. The molecule has 6 heteroatoms. The summed E-state index contributed by atoms with van der Waals surface area (Å²) in [5, 5.41) is 6.74. The Bertz CT molecular complexity index is 2010. The number of aryl methyl sites for hydroxylation is 1. The molecule has 3 aromatic carbocycles. The molecule has 0 saturated carbocycles. The molecule has 7 aromatic rings. The average Bonchev–Trinajstić information content (AvgIpc) is 3.63.